The highest BCUT2D eigenvalue weighted by atomic mass is 16.5. The van der Waals surface area contributed by atoms with Gasteiger partial charge in [-0.25, -0.2) is 0 Å². The van der Waals surface area contributed by atoms with Crippen LogP contribution in [0.25, 0.3) is 0 Å². The van der Waals surface area contributed by atoms with Crippen LogP contribution in [0.15, 0.2) is 30.3 Å². The lowest BCUT2D eigenvalue weighted by Crippen LogP contribution is -2.46. The number of methoxy groups -OCH3 is 1. The number of rotatable bonds is 5. The molecule has 0 bridgehead atoms. The molecule has 1 atom stereocenters. The van der Waals surface area contributed by atoms with E-state index < -0.39 is 6.04 Å². The van der Waals surface area contributed by atoms with Crippen molar-refractivity contribution in [3.8, 4) is 0 Å². The van der Waals surface area contributed by atoms with Crippen molar-refractivity contribution in [1.82, 2.24) is 4.90 Å². The fourth-order valence-corrected chi connectivity index (χ4v) is 2.82. The van der Waals surface area contributed by atoms with Crippen LogP contribution in [-0.2, 0) is 16.0 Å². The standard InChI is InChI=1S/C16H24N2O2/c1-20-16(19)15(17)12-18-9-7-14(8-10-18)11-13-5-3-2-4-6-13/h2-6,14-15H,7-12,17H2,1H3. The quantitative estimate of drug-likeness (QED) is 0.827. The second kappa shape index (κ2) is 7.41. The maximum absolute atomic E-state index is 11.3. The molecule has 2 rings (SSSR count). The summed E-state index contributed by atoms with van der Waals surface area (Å²) in [7, 11) is 1.38. The Balaban J connectivity index is 1.74. The Hall–Kier alpha value is -1.39. The molecule has 1 heterocycles. The molecule has 110 valence electrons. The van der Waals surface area contributed by atoms with E-state index in [1.54, 1.807) is 0 Å². The largest absolute Gasteiger partial charge is 0.468 e. The first kappa shape index (κ1) is 15.0. The molecule has 1 unspecified atom stereocenters. The van der Waals surface area contributed by atoms with Crippen LogP contribution < -0.4 is 5.73 Å². The van der Waals surface area contributed by atoms with Crippen LogP contribution in [0, 0.1) is 5.92 Å². The molecule has 1 aliphatic rings. The topological polar surface area (TPSA) is 55.6 Å². The lowest BCUT2D eigenvalue weighted by molar-refractivity contribution is -0.142. The molecule has 1 saturated heterocycles. The van der Waals surface area contributed by atoms with Crippen molar-refractivity contribution in [3.05, 3.63) is 35.9 Å². The summed E-state index contributed by atoms with van der Waals surface area (Å²) in [6, 6.07) is 10.1. The van der Waals surface area contributed by atoms with Crippen molar-refractivity contribution in [1.29, 1.82) is 0 Å². The van der Waals surface area contributed by atoms with Gasteiger partial charge in [-0.3, -0.25) is 4.79 Å². The molecule has 20 heavy (non-hydrogen) atoms. The second-order valence-electron chi connectivity index (χ2n) is 5.56. The number of carbonyl (C=O) groups excluding carboxylic acids is 1. The van der Waals surface area contributed by atoms with E-state index in [-0.39, 0.29) is 5.97 Å². The van der Waals surface area contributed by atoms with Crippen LogP contribution >= 0.6 is 0 Å². The van der Waals surface area contributed by atoms with Gasteiger partial charge in [-0.2, -0.15) is 0 Å². The fourth-order valence-electron chi connectivity index (χ4n) is 2.82. The average Bonchev–Trinajstić information content (AvgIpc) is 2.49. The summed E-state index contributed by atoms with van der Waals surface area (Å²) >= 11 is 0. The van der Waals surface area contributed by atoms with E-state index in [0.29, 0.717) is 6.54 Å². The number of hydrogen-bond acceptors (Lipinski definition) is 4. The summed E-state index contributed by atoms with van der Waals surface area (Å²) in [5, 5.41) is 0. The van der Waals surface area contributed by atoms with Crippen LogP contribution in [0.5, 0.6) is 0 Å². The summed E-state index contributed by atoms with van der Waals surface area (Å²) in [6.07, 6.45) is 3.49. The Morgan fingerprint density at radius 1 is 1.35 bits per heavy atom. The summed E-state index contributed by atoms with van der Waals surface area (Å²) in [5.74, 6) is 0.416. The van der Waals surface area contributed by atoms with E-state index in [2.05, 4.69) is 40.0 Å². The predicted molar refractivity (Wildman–Crippen MR) is 79.3 cm³/mol. The summed E-state index contributed by atoms with van der Waals surface area (Å²) in [6.45, 7) is 2.63. The minimum absolute atomic E-state index is 0.323. The predicted octanol–water partition coefficient (Wildman–Crippen LogP) is 1.44. The average molecular weight is 276 g/mol. The highest BCUT2D eigenvalue weighted by Crippen LogP contribution is 2.21. The van der Waals surface area contributed by atoms with Gasteiger partial charge in [-0.15, -0.1) is 0 Å². The number of piperidine rings is 1. The van der Waals surface area contributed by atoms with Gasteiger partial charge in [0.25, 0.3) is 0 Å². The molecule has 0 spiro atoms. The van der Waals surface area contributed by atoms with Crippen LogP contribution in [0.4, 0.5) is 0 Å². The lowest BCUT2D eigenvalue weighted by Gasteiger charge is -2.33. The Morgan fingerprint density at radius 3 is 2.60 bits per heavy atom. The van der Waals surface area contributed by atoms with Crippen molar-refractivity contribution in [2.75, 3.05) is 26.7 Å². The van der Waals surface area contributed by atoms with E-state index in [0.717, 1.165) is 25.4 Å². The van der Waals surface area contributed by atoms with E-state index in [9.17, 15) is 4.79 Å². The van der Waals surface area contributed by atoms with Gasteiger partial charge in [-0.1, -0.05) is 30.3 Å². The third kappa shape index (κ3) is 4.32. The van der Waals surface area contributed by atoms with Gasteiger partial charge in [0.15, 0.2) is 0 Å². The van der Waals surface area contributed by atoms with Crippen molar-refractivity contribution in [2.45, 2.75) is 25.3 Å². The second-order valence-corrected chi connectivity index (χ2v) is 5.56. The lowest BCUT2D eigenvalue weighted by atomic mass is 9.90. The number of nitrogens with two attached hydrogens (primary N) is 1. The van der Waals surface area contributed by atoms with Gasteiger partial charge >= 0.3 is 5.97 Å². The molecule has 1 aromatic carbocycles. The smallest absolute Gasteiger partial charge is 0.323 e. The molecular formula is C16H24N2O2. The summed E-state index contributed by atoms with van der Waals surface area (Å²) in [4.78, 5) is 13.6. The van der Waals surface area contributed by atoms with Crippen molar-refractivity contribution >= 4 is 5.97 Å². The van der Waals surface area contributed by atoms with Gasteiger partial charge < -0.3 is 15.4 Å². The van der Waals surface area contributed by atoms with Gasteiger partial charge in [-0.05, 0) is 43.8 Å². The number of ether oxygens (including phenoxy) is 1. The first-order valence-electron chi connectivity index (χ1n) is 7.28. The van der Waals surface area contributed by atoms with E-state index in [4.69, 9.17) is 5.73 Å². The van der Waals surface area contributed by atoms with Gasteiger partial charge in [0.2, 0.25) is 0 Å². The van der Waals surface area contributed by atoms with E-state index in [1.807, 2.05) is 0 Å². The van der Waals surface area contributed by atoms with Crippen LogP contribution in [0.2, 0.25) is 0 Å². The van der Waals surface area contributed by atoms with Crippen LogP contribution in [-0.4, -0.2) is 43.7 Å². The van der Waals surface area contributed by atoms with Crippen LogP contribution in [0.1, 0.15) is 18.4 Å². The molecule has 1 aliphatic heterocycles. The zero-order chi connectivity index (χ0) is 14.4. The van der Waals surface area contributed by atoms with Gasteiger partial charge in [0.05, 0.1) is 7.11 Å². The fraction of sp³-hybridized carbons (Fsp3) is 0.562. The minimum Gasteiger partial charge on any atom is -0.468 e. The van der Waals surface area contributed by atoms with Crippen LogP contribution in [0.3, 0.4) is 0 Å². The summed E-state index contributed by atoms with van der Waals surface area (Å²) < 4.78 is 4.66. The number of esters is 1. The number of likely N-dealkylation sites (tertiary alicyclic amines) is 1. The minimum atomic E-state index is -0.523. The molecule has 0 aromatic heterocycles. The number of benzene rings is 1. The zero-order valence-corrected chi connectivity index (χ0v) is 12.1. The van der Waals surface area contributed by atoms with E-state index in [1.165, 1.54) is 25.5 Å². The third-order valence-corrected chi connectivity index (χ3v) is 4.03. The van der Waals surface area contributed by atoms with Crippen molar-refractivity contribution in [2.24, 2.45) is 11.7 Å². The zero-order valence-electron chi connectivity index (χ0n) is 12.1. The van der Waals surface area contributed by atoms with E-state index >= 15 is 0 Å². The Bertz CT molecular complexity index is 414. The van der Waals surface area contributed by atoms with Crippen molar-refractivity contribution in [3.63, 3.8) is 0 Å². The number of nitrogens with zero attached hydrogens (tertiary/aromatic N) is 1. The highest BCUT2D eigenvalue weighted by Gasteiger charge is 2.23. The van der Waals surface area contributed by atoms with Gasteiger partial charge in [0.1, 0.15) is 6.04 Å². The first-order valence-corrected chi connectivity index (χ1v) is 7.28. The number of hydrogen-bond donors (Lipinski definition) is 1. The molecule has 4 heteroatoms. The third-order valence-electron chi connectivity index (χ3n) is 4.03. The Morgan fingerprint density at radius 2 is 2.00 bits per heavy atom. The molecule has 2 N–H and O–H groups in total. The Labute approximate surface area is 120 Å². The summed E-state index contributed by atoms with van der Waals surface area (Å²) in [5.41, 5.74) is 7.21. The molecule has 1 aromatic rings. The molecule has 0 saturated carbocycles. The Kier molecular flexibility index (Phi) is 5.56. The first-order chi connectivity index (χ1) is 9.69. The molecule has 4 nitrogen and oxygen atoms in total. The monoisotopic (exact) mass is 276 g/mol. The molecule has 0 radical (unpaired) electrons. The molecule has 1 fully saturated rings. The highest BCUT2D eigenvalue weighted by molar-refractivity contribution is 5.75. The molecular weight excluding hydrogens is 252 g/mol. The molecule has 0 aliphatic carbocycles. The number of carbonyl (C=O) groups is 1. The van der Waals surface area contributed by atoms with Gasteiger partial charge in [0, 0.05) is 6.54 Å². The maximum atomic E-state index is 11.3. The SMILES string of the molecule is COC(=O)C(N)CN1CCC(Cc2ccccc2)CC1. The van der Waals surface area contributed by atoms with Crippen molar-refractivity contribution < 1.29 is 9.53 Å². The normalized spacial score (nSPS) is 18.7. The maximum Gasteiger partial charge on any atom is 0.323 e. The molecule has 0 amide bonds.